The Hall–Kier alpha value is -7.81. The highest BCUT2D eigenvalue weighted by Crippen LogP contribution is 2.42. The predicted octanol–water partition coefficient (Wildman–Crippen LogP) is 8.45. The Morgan fingerprint density at radius 1 is 0.686 bits per heavy atom. The van der Waals surface area contributed by atoms with Crippen molar-refractivity contribution in [3.63, 3.8) is 0 Å². The number of fused-ring (bicyclic) bond motifs is 3. The number of carboxylic acids is 2. The number of pyridine rings is 1. The van der Waals surface area contributed by atoms with Crippen LogP contribution < -0.4 is 9.47 Å². The second-order valence-electron chi connectivity index (χ2n) is 14.9. The molecule has 0 unspecified atom stereocenters. The second-order valence-corrected chi connectivity index (χ2v) is 19.6. The summed E-state index contributed by atoms with van der Waals surface area (Å²) in [7, 11) is -12.3. The number of carboxylic acid groups (broad SMARTS) is 2. The number of aromatic hydroxyl groups is 1. The minimum Gasteiger partial charge on any atom is -0.493 e. The fraction of sp³-hybridized carbons (Fsp3) is 0.238. The molecule has 6 aromatic rings. The zero-order chi connectivity index (χ0) is 51.7. The number of para-hydroxylation sites is 2. The Labute approximate surface area is 398 Å². The van der Waals surface area contributed by atoms with Crippen molar-refractivity contribution in [1.29, 1.82) is 5.26 Å². The molecule has 0 saturated heterocycles. The molecule has 6 rings (SSSR count). The van der Waals surface area contributed by atoms with E-state index in [0.717, 1.165) is 18.2 Å². The van der Waals surface area contributed by atoms with Crippen LogP contribution in [0.1, 0.15) is 55.8 Å². The van der Waals surface area contributed by atoms with Crippen molar-refractivity contribution in [2.45, 2.75) is 33.6 Å². The Balaban J connectivity index is 0.00000173. The number of azo groups is 3. The fourth-order valence-corrected chi connectivity index (χ4v) is 7.20. The van der Waals surface area contributed by atoms with E-state index in [1.807, 2.05) is 0 Å². The lowest BCUT2D eigenvalue weighted by Gasteiger charge is -2.12. The van der Waals surface area contributed by atoms with Crippen molar-refractivity contribution >= 4 is 93.1 Å². The highest BCUT2D eigenvalue weighted by molar-refractivity contribution is 7.86. The van der Waals surface area contributed by atoms with Gasteiger partial charge in [0.15, 0.2) is 11.3 Å². The molecule has 0 bridgehead atoms. The molecule has 2 aromatic heterocycles. The highest BCUT2D eigenvalue weighted by Gasteiger charge is 2.21. The molecular formula is C42H41N9O16S3. The Kier molecular flexibility index (Phi) is 16.8. The molecule has 28 heteroatoms. The number of hydrogen-bond acceptors (Lipinski definition) is 19. The molecule has 0 amide bonds. The van der Waals surface area contributed by atoms with E-state index in [4.69, 9.17) is 14.0 Å². The largest absolute Gasteiger partial charge is 0.493 e. The van der Waals surface area contributed by atoms with Crippen LogP contribution in [0.5, 0.6) is 17.4 Å². The molecule has 6 N–H and O–H groups in total. The van der Waals surface area contributed by atoms with Gasteiger partial charge in [0.1, 0.15) is 34.5 Å². The molecule has 2 heterocycles. The van der Waals surface area contributed by atoms with Gasteiger partial charge in [0.05, 0.1) is 70.2 Å². The average Bonchev–Trinajstić information content (AvgIpc) is 3.65. The number of nitrogens with zero attached hydrogens (tertiary/aromatic N) is 9. The number of rotatable bonds is 18. The van der Waals surface area contributed by atoms with Gasteiger partial charge in [0.25, 0.3) is 30.4 Å². The smallest absolute Gasteiger partial charge is 0.335 e. The minimum absolute atomic E-state index is 0.0217. The van der Waals surface area contributed by atoms with Crippen LogP contribution in [-0.4, -0.2) is 107 Å². The maximum absolute atomic E-state index is 11.6. The van der Waals surface area contributed by atoms with E-state index in [2.05, 4.69) is 41.7 Å². The van der Waals surface area contributed by atoms with Gasteiger partial charge in [-0.2, -0.15) is 45.9 Å². The van der Waals surface area contributed by atoms with E-state index >= 15 is 0 Å². The summed E-state index contributed by atoms with van der Waals surface area (Å²) in [4.78, 5) is 27.7. The highest BCUT2D eigenvalue weighted by atomic mass is 32.2. The lowest BCUT2D eigenvalue weighted by atomic mass is 10.1. The monoisotopic (exact) mass is 1020 g/mol. The summed E-state index contributed by atoms with van der Waals surface area (Å²) in [6, 6.07) is 18.1. The van der Waals surface area contributed by atoms with Crippen LogP contribution in [0.15, 0.2) is 97.4 Å². The van der Waals surface area contributed by atoms with Crippen LogP contribution in [0.2, 0.25) is 0 Å². The number of carbonyl (C=O) groups is 2. The lowest BCUT2D eigenvalue weighted by molar-refractivity contribution is 0.0696. The van der Waals surface area contributed by atoms with E-state index in [1.54, 1.807) is 45.0 Å². The van der Waals surface area contributed by atoms with Gasteiger partial charge in [-0.25, -0.2) is 14.6 Å². The van der Waals surface area contributed by atoms with Crippen molar-refractivity contribution < 1.29 is 73.3 Å². The Morgan fingerprint density at radius 2 is 1.14 bits per heavy atom. The SMILES string of the molecule is CS(=O)(=O)O.Cc1cc(N=Nc2cc(OCCCS(=O)(=O)O)c(N=Nc3c(C)c(C#N)c4nc5ccccc5n4c3O)cc2C)c(OCCCS(=O)(=O)O)cc1N=Nc1cc(C(=O)O)cc(C(=O)O)c1. The van der Waals surface area contributed by atoms with Crippen LogP contribution in [0.4, 0.5) is 34.1 Å². The molecular weight excluding hydrogens is 983 g/mol. The summed E-state index contributed by atoms with van der Waals surface area (Å²) in [6.07, 6.45) is 0.464. The van der Waals surface area contributed by atoms with Crippen molar-refractivity contribution in [2.24, 2.45) is 30.7 Å². The third-order valence-electron chi connectivity index (χ3n) is 9.42. The van der Waals surface area contributed by atoms with Gasteiger partial charge in [0.2, 0.25) is 5.88 Å². The summed E-state index contributed by atoms with van der Waals surface area (Å²) in [5, 5.41) is 66.0. The van der Waals surface area contributed by atoms with Crippen LogP contribution >= 0.6 is 0 Å². The first-order valence-corrected chi connectivity index (χ1v) is 25.1. The van der Waals surface area contributed by atoms with E-state index in [9.17, 15) is 64.5 Å². The van der Waals surface area contributed by atoms with Crippen LogP contribution in [0.25, 0.3) is 16.7 Å². The zero-order valence-corrected chi connectivity index (χ0v) is 39.6. The lowest BCUT2D eigenvalue weighted by Crippen LogP contribution is -2.08. The maximum atomic E-state index is 11.6. The summed E-state index contributed by atoms with van der Waals surface area (Å²) >= 11 is 0. The third kappa shape index (κ3) is 14.6. The van der Waals surface area contributed by atoms with Crippen molar-refractivity contribution in [1.82, 2.24) is 9.38 Å². The van der Waals surface area contributed by atoms with Crippen LogP contribution in [-0.2, 0) is 30.4 Å². The first-order valence-electron chi connectivity index (χ1n) is 20.0. The number of aryl methyl sites for hydroxylation is 2. The molecule has 70 heavy (non-hydrogen) atoms. The van der Waals surface area contributed by atoms with Gasteiger partial charge in [0, 0.05) is 17.7 Å². The fourth-order valence-electron chi connectivity index (χ4n) is 6.23. The topological polar surface area (TPSA) is 392 Å². The average molecular weight is 1020 g/mol. The van der Waals surface area contributed by atoms with Gasteiger partial charge in [-0.15, -0.1) is 15.3 Å². The first kappa shape index (κ1) is 53.1. The number of benzene rings is 4. The van der Waals surface area contributed by atoms with E-state index in [0.29, 0.717) is 28.4 Å². The molecule has 0 aliphatic rings. The normalized spacial score (nSPS) is 12.1. The van der Waals surface area contributed by atoms with Crippen molar-refractivity contribution in [3.8, 4) is 23.4 Å². The molecule has 25 nitrogen and oxygen atoms in total. The maximum Gasteiger partial charge on any atom is 0.335 e. The summed E-state index contributed by atoms with van der Waals surface area (Å²) in [6.45, 7) is 4.43. The van der Waals surface area contributed by atoms with Gasteiger partial charge in [-0.05, 0) is 87.2 Å². The summed E-state index contributed by atoms with van der Waals surface area (Å²) < 4.78 is 103. The predicted molar refractivity (Wildman–Crippen MR) is 250 cm³/mol. The third-order valence-corrected chi connectivity index (χ3v) is 11.0. The molecule has 0 radical (unpaired) electrons. The minimum atomic E-state index is -4.32. The molecule has 0 saturated carbocycles. The second kappa shape index (κ2) is 22.1. The molecule has 0 aliphatic carbocycles. The van der Waals surface area contributed by atoms with Gasteiger partial charge in [-0.3, -0.25) is 18.1 Å². The van der Waals surface area contributed by atoms with E-state index in [1.165, 1.54) is 28.7 Å². The standard InChI is InChI=1S/C41H37N9O13S2.CH4O3S/c1-22-14-32(35(62-10-6-12-64(56,57)58)19-30(22)45-44-27-17-25(40(52)53)16-26(18-27)41(54)55)47-46-31-20-36(63-11-7-13-65(59,60)61)33(15-23(31)2)48-49-37-24(3)28(21-42)38-43-29-8-4-5-9-34(29)50(38)39(37)51;1-5(2,3)4/h4-5,8-9,14-20,51H,6-7,10-13H2,1-3H3,(H,52,53)(H,54,55)(H,56,57,58)(H,59,60,61);1H3,(H,2,3,4). The van der Waals surface area contributed by atoms with Gasteiger partial charge >= 0.3 is 11.9 Å². The summed E-state index contributed by atoms with van der Waals surface area (Å²) in [5.41, 5.74) is 2.38. The van der Waals surface area contributed by atoms with Crippen LogP contribution in [0.3, 0.4) is 0 Å². The first-order chi connectivity index (χ1) is 32.7. The van der Waals surface area contributed by atoms with Crippen molar-refractivity contribution in [2.75, 3.05) is 31.0 Å². The number of nitriles is 1. The molecule has 0 aliphatic heterocycles. The van der Waals surface area contributed by atoms with Crippen molar-refractivity contribution in [3.05, 3.63) is 100 Å². The van der Waals surface area contributed by atoms with E-state index < -0.39 is 53.8 Å². The number of ether oxygens (including phenoxy) is 2. The molecule has 4 aromatic carbocycles. The number of aromatic nitrogens is 2. The number of aromatic carboxylic acids is 2. The quantitative estimate of drug-likeness (QED) is 0.0267. The molecule has 0 fully saturated rings. The number of hydrogen-bond donors (Lipinski definition) is 6. The van der Waals surface area contributed by atoms with Gasteiger partial charge in [-0.1, -0.05) is 12.1 Å². The van der Waals surface area contributed by atoms with E-state index in [-0.39, 0.29) is 105 Å². The molecule has 368 valence electrons. The number of imidazole rings is 1. The Morgan fingerprint density at radius 3 is 1.61 bits per heavy atom. The van der Waals surface area contributed by atoms with Gasteiger partial charge < -0.3 is 24.8 Å². The molecule has 0 atom stereocenters. The Bertz CT molecular complexity index is 3480. The zero-order valence-electron chi connectivity index (χ0n) is 37.1. The summed E-state index contributed by atoms with van der Waals surface area (Å²) in [5.74, 6) is -4.28. The molecule has 0 spiro atoms. The van der Waals surface area contributed by atoms with Crippen LogP contribution in [0, 0.1) is 32.1 Å².